The van der Waals surface area contributed by atoms with E-state index in [1.54, 1.807) is 0 Å². The molecule has 0 amide bonds. The molecule has 1 heterocycles. The minimum absolute atomic E-state index is 0.159. The summed E-state index contributed by atoms with van der Waals surface area (Å²) in [5.41, 5.74) is 3.52. The van der Waals surface area contributed by atoms with E-state index in [1.807, 2.05) is 18.3 Å². The van der Waals surface area contributed by atoms with E-state index in [9.17, 15) is 0 Å². The number of hydrogen-bond acceptors (Lipinski definition) is 3. The molecule has 110 valence electrons. The molecule has 1 aliphatic rings. The van der Waals surface area contributed by atoms with E-state index < -0.39 is 0 Å². The quantitative estimate of drug-likeness (QED) is 0.878. The summed E-state index contributed by atoms with van der Waals surface area (Å²) in [6.45, 7) is 5.10. The Kier molecular flexibility index (Phi) is 4.20. The fourth-order valence-corrected chi connectivity index (χ4v) is 2.56. The Morgan fingerprint density at radius 1 is 1.29 bits per heavy atom. The van der Waals surface area contributed by atoms with E-state index in [4.69, 9.17) is 4.74 Å². The van der Waals surface area contributed by atoms with Crippen LogP contribution in [0.5, 0.6) is 5.75 Å². The fourth-order valence-electron chi connectivity index (χ4n) is 2.56. The Bertz CT molecular complexity index is 608. The first kappa shape index (κ1) is 14.1. The molecule has 1 atom stereocenters. The van der Waals surface area contributed by atoms with Crippen molar-refractivity contribution < 1.29 is 4.74 Å². The van der Waals surface area contributed by atoms with Crippen molar-refractivity contribution in [1.29, 1.82) is 0 Å². The average Bonchev–Trinajstić information content (AvgIpc) is 3.30. The van der Waals surface area contributed by atoms with Crippen molar-refractivity contribution in [3.05, 3.63) is 59.4 Å². The van der Waals surface area contributed by atoms with Crippen molar-refractivity contribution in [2.75, 3.05) is 6.54 Å². The maximum Gasteiger partial charge on any atom is 0.120 e. The van der Waals surface area contributed by atoms with Crippen LogP contribution in [0.15, 0.2) is 42.6 Å². The van der Waals surface area contributed by atoms with Gasteiger partial charge in [-0.15, -0.1) is 0 Å². The topological polar surface area (TPSA) is 34.1 Å². The molecule has 1 aliphatic carbocycles. The molecular weight excluding hydrogens is 260 g/mol. The normalized spacial score (nSPS) is 15.7. The fraction of sp³-hybridized carbons (Fsp3) is 0.389. The number of aromatic nitrogens is 1. The third-order valence-electron chi connectivity index (χ3n) is 3.79. The summed E-state index contributed by atoms with van der Waals surface area (Å²) in [5.74, 6) is 0.972. The lowest BCUT2D eigenvalue weighted by molar-refractivity contribution is 0.302. The second-order valence-corrected chi connectivity index (χ2v) is 5.56. The molecule has 0 bridgehead atoms. The van der Waals surface area contributed by atoms with Crippen LogP contribution in [0.25, 0.3) is 0 Å². The first-order chi connectivity index (χ1) is 10.3. The minimum Gasteiger partial charge on any atom is -0.490 e. The molecule has 1 unspecified atom stereocenters. The number of ether oxygens (including phenoxy) is 1. The highest BCUT2D eigenvalue weighted by molar-refractivity contribution is 5.38. The van der Waals surface area contributed by atoms with Crippen LogP contribution in [-0.2, 0) is 0 Å². The van der Waals surface area contributed by atoms with Crippen LogP contribution < -0.4 is 10.1 Å². The lowest BCUT2D eigenvalue weighted by Crippen LogP contribution is -2.23. The number of nitrogens with zero attached hydrogens (tertiary/aromatic N) is 1. The van der Waals surface area contributed by atoms with Gasteiger partial charge in [0.25, 0.3) is 0 Å². The molecular formula is C18H22N2O. The number of aryl methyl sites for hydroxylation is 1. The predicted molar refractivity (Wildman–Crippen MR) is 84.6 cm³/mol. The van der Waals surface area contributed by atoms with Crippen molar-refractivity contribution in [2.45, 2.75) is 38.8 Å². The highest BCUT2D eigenvalue weighted by Crippen LogP contribution is 2.30. The summed E-state index contributed by atoms with van der Waals surface area (Å²) in [6, 6.07) is 12.7. The highest BCUT2D eigenvalue weighted by atomic mass is 16.5. The van der Waals surface area contributed by atoms with Gasteiger partial charge in [0.05, 0.1) is 12.1 Å². The standard InChI is InChI=1S/C18H22N2O/c1-3-19-18(17-8-5-11-20-13(17)2)14-6-4-7-16(12-14)21-15-9-10-15/h4-8,11-12,15,18-19H,3,9-10H2,1-2H3. The summed E-state index contributed by atoms with van der Waals surface area (Å²) in [5, 5.41) is 3.56. The highest BCUT2D eigenvalue weighted by Gasteiger charge is 2.24. The van der Waals surface area contributed by atoms with Crippen LogP contribution in [0.3, 0.4) is 0 Å². The van der Waals surface area contributed by atoms with Crippen molar-refractivity contribution in [3.63, 3.8) is 0 Å². The summed E-state index contributed by atoms with van der Waals surface area (Å²) in [6.07, 6.45) is 4.64. The molecule has 3 nitrogen and oxygen atoms in total. The molecule has 1 saturated carbocycles. The van der Waals surface area contributed by atoms with Crippen molar-refractivity contribution in [2.24, 2.45) is 0 Å². The van der Waals surface area contributed by atoms with Gasteiger partial charge in [0.1, 0.15) is 5.75 Å². The van der Waals surface area contributed by atoms with Crippen LogP contribution in [0.2, 0.25) is 0 Å². The molecule has 1 aromatic heterocycles. The Morgan fingerprint density at radius 2 is 2.14 bits per heavy atom. The molecule has 3 rings (SSSR count). The molecule has 3 heteroatoms. The van der Waals surface area contributed by atoms with Crippen LogP contribution in [0.1, 0.15) is 42.6 Å². The van der Waals surface area contributed by atoms with Crippen LogP contribution in [0.4, 0.5) is 0 Å². The molecule has 0 spiro atoms. The van der Waals surface area contributed by atoms with Gasteiger partial charge >= 0.3 is 0 Å². The Balaban J connectivity index is 1.91. The van der Waals surface area contributed by atoms with Crippen molar-refractivity contribution >= 4 is 0 Å². The van der Waals surface area contributed by atoms with Gasteiger partial charge < -0.3 is 10.1 Å². The number of hydrogen-bond donors (Lipinski definition) is 1. The predicted octanol–water partition coefficient (Wildman–Crippen LogP) is 3.63. The van der Waals surface area contributed by atoms with Crippen molar-refractivity contribution in [3.8, 4) is 5.75 Å². The van der Waals surface area contributed by atoms with Crippen molar-refractivity contribution in [1.82, 2.24) is 10.3 Å². The zero-order valence-electron chi connectivity index (χ0n) is 12.7. The Hall–Kier alpha value is -1.87. The van der Waals surface area contributed by atoms with Crippen LogP contribution in [0, 0.1) is 6.92 Å². The van der Waals surface area contributed by atoms with Gasteiger partial charge in [0.2, 0.25) is 0 Å². The summed E-state index contributed by atoms with van der Waals surface area (Å²) in [7, 11) is 0. The third-order valence-corrected chi connectivity index (χ3v) is 3.79. The minimum atomic E-state index is 0.159. The first-order valence-corrected chi connectivity index (χ1v) is 7.69. The molecule has 21 heavy (non-hydrogen) atoms. The van der Waals surface area contributed by atoms with E-state index in [2.05, 4.69) is 48.4 Å². The average molecular weight is 282 g/mol. The molecule has 1 fully saturated rings. The number of nitrogens with one attached hydrogen (secondary N) is 1. The number of pyridine rings is 1. The SMILES string of the molecule is CCNC(c1cccc(OC2CC2)c1)c1cccnc1C. The molecule has 1 aromatic carbocycles. The second-order valence-electron chi connectivity index (χ2n) is 5.56. The van der Waals surface area contributed by atoms with E-state index in [0.717, 1.165) is 18.0 Å². The largest absolute Gasteiger partial charge is 0.490 e. The van der Waals surface area contributed by atoms with Gasteiger partial charge in [-0.2, -0.15) is 0 Å². The second kappa shape index (κ2) is 6.27. The summed E-state index contributed by atoms with van der Waals surface area (Å²) < 4.78 is 5.92. The van der Waals surface area contributed by atoms with Crippen LogP contribution in [-0.4, -0.2) is 17.6 Å². The first-order valence-electron chi connectivity index (χ1n) is 7.69. The third kappa shape index (κ3) is 3.42. The van der Waals surface area contributed by atoms with Gasteiger partial charge in [-0.3, -0.25) is 4.98 Å². The smallest absolute Gasteiger partial charge is 0.120 e. The molecule has 1 N–H and O–H groups in total. The molecule has 0 saturated heterocycles. The lowest BCUT2D eigenvalue weighted by Gasteiger charge is -2.21. The molecule has 2 aromatic rings. The van der Waals surface area contributed by atoms with E-state index in [0.29, 0.717) is 6.10 Å². The summed E-state index contributed by atoms with van der Waals surface area (Å²) >= 11 is 0. The maximum absolute atomic E-state index is 5.92. The number of rotatable bonds is 6. The number of benzene rings is 1. The van der Waals surface area contributed by atoms with E-state index in [-0.39, 0.29) is 6.04 Å². The van der Waals surface area contributed by atoms with E-state index in [1.165, 1.54) is 24.0 Å². The monoisotopic (exact) mass is 282 g/mol. The maximum atomic E-state index is 5.92. The lowest BCUT2D eigenvalue weighted by atomic mass is 9.97. The zero-order chi connectivity index (χ0) is 14.7. The zero-order valence-corrected chi connectivity index (χ0v) is 12.7. The van der Waals surface area contributed by atoms with Gasteiger partial charge in [0.15, 0.2) is 0 Å². The van der Waals surface area contributed by atoms with Gasteiger partial charge in [-0.05, 0) is 55.6 Å². The Morgan fingerprint density at radius 3 is 2.86 bits per heavy atom. The van der Waals surface area contributed by atoms with E-state index >= 15 is 0 Å². The van der Waals surface area contributed by atoms with Gasteiger partial charge in [0, 0.05) is 11.9 Å². The van der Waals surface area contributed by atoms with Gasteiger partial charge in [-0.25, -0.2) is 0 Å². The summed E-state index contributed by atoms with van der Waals surface area (Å²) in [4.78, 5) is 4.42. The molecule has 0 radical (unpaired) electrons. The van der Waals surface area contributed by atoms with Crippen LogP contribution >= 0.6 is 0 Å². The van der Waals surface area contributed by atoms with Gasteiger partial charge in [-0.1, -0.05) is 25.1 Å². The Labute approximate surface area is 126 Å². The molecule has 0 aliphatic heterocycles.